The lowest BCUT2D eigenvalue weighted by Crippen LogP contribution is -2.52. The number of nitrogens with zero attached hydrogens (tertiary/aromatic N) is 3. The smallest absolute Gasteiger partial charge is 0.254 e. The van der Waals surface area contributed by atoms with Crippen LogP contribution in [0.5, 0.6) is 0 Å². The zero-order valence-corrected chi connectivity index (χ0v) is 20.1. The summed E-state index contributed by atoms with van der Waals surface area (Å²) < 4.78 is 0. The van der Waals surface area contributed by atoms with E-state index < -0.39 is 0 Å². The number of carbonyl (C=O) groups excluding carboxylic acids is 2. The normalized spacial score (nSPS) is 17.9. The molecule has 4 rings (SSSR count). The number of piperidine rings is 1. The van der Waals surface area contributed by atoms with Crippen LogP contribution in [0.2, 0.25) is 0 Å². The van der Waals surface area contributed by atoms with Crippen LogP contribution in [0.25, 0.3) is 6.08 Å². The van der Waals surface area contributed by atoms with Gasteiger partial charge in [0.2, 0.25) is 11.5 Å². The molecule has 0 unspecified atom stereocenters. The Morgan fingerprint density at radius 2 is 1.65 bits per heavy atom. The molecule has 1 N–H and O–H groups in total. The number of pyridine rings is 1. The van der Waals surface area contributed by atoms with Gasteiger partial charge in [-0.1, -0.05) is 30.4 Å². The minimum absolute atomic E-state index is 0.131. The number of aromatic amines is 1. The van der Waals surface area contributed by atoms with E-state index >= 15 is 0 Å². The zero-order valence-electron chi connectivity index (χ0n) is 20.1. The summed E-state index contributed by atoms with van der Waals surface area (Å²) in [4.78, 5) is 45.3. The predicted molar refractivity (Wildman–Crippen MR) is 134 cm³/mol. The fraction of sp³-hybridized carbons (Fsp3) is 0.444. The Bertz CT molecular complexity index is 1090. The molecule has 0 atom stereocenters. The van der Waals surface area contributed by atoms with Gasteiger partial charge in [-0.25, -0.2) is 0 Å². The molecule has 1 aromatic carbocycles. The first kappa shape index (κ1) is 24.0. The van der Waals surface area contributed by atoms with Gasteiger partial charge in [-0.15, -0.1) is 0 Å². The third kappa shape index (κ3) is 5.83. The maximum absolute atomic E-state index is 12.9. The van der Waals surface area contributed by atoms with E-state index in [1.165, 1.54) is 29.0 Å². The Hall–Kier alpha value is -3.19. The molecule has 0 radical (unpaired) electrons. The van der Waals surface area contributed by atoms with Crippen molar-refractivity contribution in [2.45, 2.75) is 26.7 Å². The summed E-state index contributed by atoms with van der Waals surface area (Å²) in [6.45, 7) is 8.72. The lowest BCUT2D eigenvalue weighted by atomic mass is 9.94. The highest BCUT2D eigenvalue weighted by Gasteiger charge is 2.26. The molecule has 2 amide bonds. The standard InChI is InChI=1S/C27H34N4O3/c1-20-4-3-5-21(2)24(20)7-6-22-9-12-30(13-10-22)26(33)19-29-14-16-31(17-15-29)27(34)23-8-11-28-25(32)18-23/h3-8,11,18,22H,9-10,12-17,19H2,1-2H3,(H,28,32). The first-order valence-corrected chi connectivity index (χ1v) is 12.1. The number of nitrogens with one attached hydrogen (secondary N) is 1. The van der Waals surface area contributed by atoms with Crippen LogP contribution in [-0.4, -0.2) is 77.3 Å². The summed E-state index contributed by atoms with van der Waals surface area (Å²) in [6, 6.07) is 9.34. The van der Waals surface area contributed by atoms with E-state index in [0.717, 1.165) is 25.9 Å². The average molecular weight is 463 g/mol. The predicted octanol–water partition coefficient (Wildman–Crippen LogP) is 2.70. The summed E-state index contributed by atoms with van der Waals surface area (Å²) in [5.41, 5.74) is 4.02. The van der Waals surface area contributed by atoms with Gasteiger partial charge in [0.15, 0.2) is 0 Å². The summed E-state index contributed by atoms with van der Waals surface area (Å²) in [7, 11) is 0. The van der Waals surface area contributed by atoms with Crippen molar-refractivity contribution < 1.29 is 9.59 Å². The molecule has 2 aliphatic heterocycles. The molecule has 7 nitrogen and oxygen atoms in total. The molecule has 2 aliphatic rings. The Morgan fingerprint density at radius 3 is 2.29 bits per heavy atom. The molecule has 1 aromatic heterocycles. The van der Waals surface area contributed by atoms with E-state index in [2.05, 4.69) is 54.1 Å². The highest BCUT2D eigenvalue weighted by Crippen LogP contribution is 2.22. The number of rotatable bonds is 5. The maximum atomic E-state index is 12.9. The van der Waals surface area contributed by atoms with Gasteiger partial charge in [0, 0.05) is 57.1 Å². The van der Waals surface area contributed by atoms with E-state index in [1.54, 1.807) is 11.0 Å². The van der Waals surface area contributed by atoms with Gasteiger partial charge in [0.25, 0.3) is 5.91 Å². The molecular weight excluding hydrogens is 428 g/mol. The number of likely N-dealkylation sites (tertiary alicyclic amines) is 1. The number of hydrogen-bond donors (Lipinski definition) is 1. The molecule has 34 heavy (non-hydrogen) atoms. The van der Waals surface area contributed by atoms with Crippen LogP contribution in [0, 0.1) is 19.8 Å². The topological polar surface area (TPSA) is 76.7 Å². The Kier molecular flexibility index (Phi) is 7.63. The average Bonchev–Trinajstić information content (AvgIpc) is 2.84. The zero-order chi connectivity index (χ0) is 24.1. The van der Waals surface area contributed by atoms with Crippen LogP contribution in [-0.2, 0) is 4.79 Å². The monoisotopic (exact) mass is 462 g/mol. The quantitative estimate of drug-likeness (QED) is 0.741. The third-order valence-corrected chi connectivity index (χ3v) is 7.01. The van der Waals surface area contributed by atoms with Gasteiger partial charge in [0.1, 0.15) is 0 Å². The summed E-state index contributed by atoms with van der Waals surface area (Å²) in [5.74, 6) is 0.544. The van der Waals surface area contributed by atoms with Crippen molar-refractivity contribution in [3.63, 3.8) is 0 Å². The molecule has 180 valence electrons. The van der Waals surface area contributed by atoms with E-state index in [1.807, 2.05) is 4.90 Å². The van der Waals surface area contributed by atoms with Gasteiger partial charge < -0.3 is 14.8 Å². The number of H-pyrrole nitrogens is 1. The maximum Gasteiger partial charge on any atom is 0.254 e. The van der Waals surface area contributed by atoms with Crippen molar-refractivity contribution in [1.82, 2.24) is 19.7 Å². The highest BCUT2D eigenvalue weighted by atomic mass is 16.2. The number of hydrogen-bond acceptors (Lipinski definition) is 4. The lowest BCUT2D eigenvalue weighted by molar-refractivity contribution is -0.133. The van der Waals surface area contributed by atoms with Crippen LogP contribution in [0.15, 0.2) is 47.4 Å². The fourth-order valence-electron chi connectivity index (χ4n) is 4.82. The first-order valence-electron chi connectivity index (χ1n) is 12.1. The number of amides is 2. The van der Waals surface area contributed by atoms with Crippen molar-refractivity contribution in [1.29, 1.82) is 0 Å². The molecule has 2 aromatic rings. The second kappa shape index (κ2) is 10.8. The van der Waals surface area contributed by atoms with Crippen LogP contribution in [0.3, 0.4) is 0 Å². The van der Waals surface area contributed by atoms with Gasteiger partial charge in [-0.05, 0) is 55.4 Å². The van der Waals surface area contributed by atoms with Crippen molar-refractivity contribution >= 4 is 17.9 Å². The Labute approximate surface area is 201 Å². The number of piperazine rings is 1. The number of benzene rings is 1. The van der Waals surface area contributed by atoms with Gasteiger partial charge in [-0.2, -0.15) is 0 Å². The highest BCUT2D eigenvalue weighted by molar-refractivity contribution is 5.94. The van der Waals surface area contributed by atoms with Crippen LogP contribution in [0.4, 0.5) is 0 Å². The molecule has 2 saturated heterocycles. The van der Waals surface area contributed by atoms with Crippen molar-refractivity contribution in [3.05, 3.63) is 75.2 Å². The molecule has 0 bridgehead atoms. The lowest BCUT2D eigenvalue weighted by Gasteiger charge is -2.36. The molecule has 3 heterocycles. The van der Waals surface area contributed by atoms with E-state index in [-0.39, 0.29) is 17.4 Å². The molecule has 7 heteroatoms. The summed E-state index contributed by atoms with van der Waals surface area (Å²) in [6.07, 6.45) is 8.04. The molecule has 0 saturated carbocycles. The summed E-state index contributed by atoms with van der Waals surface area (Å²) in [5, 5.41) is 0. The largest absolute Gasteiger partial charge is 0.342 e. The number of carbonyl (C=O) groups is 2. The van der Waals surface area contributed by atoms with E-state index in [9.17, 15) is 14.4 Å². The number of aryl methyl sites for hydroxylation is 2. The Balaban J connectivity index is 1.21. The molecular formula is C27H34N4O3. The molecule has 0 spiro atoms. The minimum atomic E-state index is -0.278. The minimum Gasteiger partial charge on any atom is -0.342 e. The van der Waals surface area contributed by atoms with Gasteiger partial charge in [0.05, 0.1) is 6.54 Å². The van der Waals surface area contributed by atoms with Crippen molar-refractivity contribution in [2.75, 3.05) is 45.8 Å². The first-order chi connectivity index (χ1) is 16.4. The number of allylic oxidation sites excluding steroid dienone is 1. The van der Waals surface area contributed by atoms with Crippen molar-refractivity contribution in [2.24, 2.45) is 5.92 Å². The molecule has 2 fully saturated rings. The van der Waals surface area contributed by atoms with Crippen LogP contribution < -0.4 is 5.56 Å². The SMILES string of the molecule is Cc1cccc(C)c1C=CC1CCN(C(=O)CN2CCN(C(=O)c3cc[nH]c(=O)c3)CC2)CC1. The third-order valence-electron chi connectivity index (χ3n) is 7.01. The summed E-state index contributed by atoms with van der Waals surface area (Å²) >= 11 is 0. The van der Waals surface area contributed by atoms with Gasteiger partial charge >= 0.3 is 0 Å². The number of aromatic nitrogens is 1. The Morgan fingerprint density at radius 1 is 0.971 bits per heavy atom. The van der Waals surface area contributed by atoms with Crippen LogP contribution >= 0.6 is 0 Å². The van der Waals surface area contributed by atoms with E-state index in [0.29, 0.717) is 44.2 Å². The van der Waals surface area contributed by atoms with Crippen LogP contribution in [0.1, 0.15) is 39.9 Å². The second-order valence-corrected chi connectivity index (χ2v) is 9.39. The van der Waals surface area contributed by atoms with Gasteiger partial charge in [-0.3, -0.25) is 19.3 Å². The second-order valence-electron chi connectivity index (χ2n) is 9.39. The molecule has 0 aliphatic carbocycles. The van der Waals surface area contributed by atoms with Crippen molar-refractivity contribution in [3.8, 4) is 0 Å². The fourth-order valence-corrected chi connectivity index (χ4v) is 4.82. The van der Waals surface area contributed by atoms with E-state index in [4.69, 9.17) is 0 Å².